The summed E-state index contributed by atoms with van der Waals surface area (Å²) in [5.74, 6) is 1.88. The highest BCUT2D eigenvalue weighted by molar-refractivity contribution is 8.01. The number of hydrogen-bond donors (Lipinski definition) is 0. The summed E-state index contributed by atoms with van der Waals surface area (Å²) in [6.45, 7) is 3.28. The van der Waals surface area contributed by atoms with Crippen LogP contribution < -0.4 is 9.64 Å². The van der Waals surface area contributed by atoms with Crippen LogP contribution in [0.15, 0.2) is 52.9 Å². The molecule has 0 N–H and O–H groups in total. The first-order valence-corrected chi connectivity index (χ1v) is 11.2. The number of amides is 1. The molecule has 3 aromatic rings. The van der Waals surface area contributed by atoms with Crippen LogP contribution in [-0.4, -0.2) is 54.8 Å². The molecule has 0 unspecified atom stereocenters. The lowest BCUT2D eigenvalue weighted by Gasteiger charge is -2.36. The van der Waals surface area contributed by atoms with Gasteiger partial charge >= 0.3 is 0 Å². The van der Waals surface area contributed by atoms with E-state index >= 15 is 0 Å². The third-order valence-corrected chi connectivity index (χ3v) is 7.07. The first kappa shape index (κ1) is 19.1. The molecule has 1 fully saturated rings. The van der Waals surface area contributed by atoms with E-state index in [2.05, 4.69) is 28.1 Å². The van der Waals surface area contributed by atoms with E-state index in [0.29, 0.717) is 6.42 Å². The average molecular weight is 414 g/mol. The molecule has 0 bridgehead atoms. The summed E-state index contributed by atoms with van der Waals surface area (Å²) < 4.78 is 7.45. The second-order valence-electron chi connectivity index (χ2n) is 6.61. The number of aromatic nitrogens is 1. The van der Waals surface area contributed by atoms with Crippen LogP contribution in [0.4, 0.5) is 5.69 Å². The fourth-order valence-electron chi connectivity index (χ4n) is 3.30. The zero-order valence-corrected chi connectivity index (χ0v) is 17.5. The van der Waals surface area contributed by atoms with Crippen molar-refractivity contribution in [2.75, 3.05) is 43.9 Å². The van der Waals surface area contributed by atoms with Crippen LogP contribution in [0.3, 0.4) is 0 Å². The highest BCUT2D eigenvalue weighted by atomic mass is 32.2. The van der Waals surface area contributed by atoms with Gasteiger partial charge in [-0.15, -0.1) is 11.3 Å². The van der Waals surface area contributed by atoms with Crippen LogP contribution in [0.2, 0.25) is 0 Å². The monoisotopic (exact) mass is 413 g/mol. The quantitative estimate of drug-likeness (QED) is 0.569. The molecule has 0 saturated carbocycles. The molecule has 4 rings (SSSR count). The second kappa shape index (κ2) is 8.84. The van der Waals surface area contributed by atoms with Crippen molar-refractivity contribution in [3.8, 4) is 5.75 Å². The molecule has 1 amide bonds. The molecule has 1 aromatic heterocycles. The number of methoxy groups -OCH3 is 1. The molecule has 0 aliphatic carbocycles. The highest BCUT2D eigenvalue weighted by Crippen LogP contribution is 2.29. The lowest BCUT2D eigenvalue weighted by atomic mass is 10.2. The Kier molecular flexibility index (Phi) is 6.02. The van der Waals surface area contributed by atoms with Gasteiger partial charge in [-0.2, -0.15) is 0 Å². The van der Waals surface area contributed by atoms with Crippen molar-refractivity contribution in [2.45, 2.75) is 10.8 Å². The van der Waals surface area contributed by atoms with Crippen molar-refractivity contribution in [2.24, 2.45) is 0 Å². The maximum Gasteiger partial charge on any atom is 0.223 e. The molecule has 0 atom stereocenters. The topological polar surface area (TPSA) is 45.7 Å². The lowest BCUT2D eigenvalue weighted by Crippen LogP contribution is -2.48. The summed E-state index contributed by atoms with van der Waals surface area (Å²) >= 11 is 3.37. The van der Waals surface area contributed by atoms with Gasteiger partial charge in [0.1, 0.15) is 5.75 Å². The van der Waals surface area contributed by atoms with Gasteiger partial charge in [0.05, 0.1) is 17.3 Å². The van der Waals surface area contributed by atoms with Crippen molar-refractivity contribution in [3.05, 3.63) is 48.5 Å². The molecule has 5 nitrogen and oxygen atoms in total. The van der Waals surface area contributed by atoms with E-state index in [1.165, 1.54) is 10.4 Å². The van der Waals surface area contributed by atoms with Gasteiger partial charge in [-0.1, -0.05) is 23.9 Å². The number of piperazine rings is 1. The number of thioether (sulfide) groups is 1. The SMILES string of the molecule is COc1ccc(N2CCN(C(=O)CCSc3nc4ccccc4s3)CC2)cc1. The third-order valence-electron chi connectivity index (χ3n) is 4.89. The Morgan fingerprint density at radius 2 is 1.86 bits per heavy atom. The van der Waals surface area contributed by atoms with Crippen molar-refractivity contribution in [1.29, 1.82) is 0 Å². The molecule has 146 valence electrons. The van der Waals surface area contributed by atoms with Gasteiger partial charge in [-0.05, 0) is 36.4 Å². The van der Waals surface area contributed by atoms with Gasteiger partial charge in [-0.25, -0.2) is 4.98 Å². The minimum Gasteiger partial charge on any atom is -0.497 e. The Balaban J connectivity index is 1.23. The Labute approximate surface area is 173 Å². The lowest BCUT2D eigenvalue weighted by molar-refractivity contribution is -0.131. The normalized spacial score (nSPS) is 14.5. The van der Waals surface area contributed by atoms with Gasteiger partial charge in [0.25, 0.3) is 0 Å². The van der Waals surface area contributed by atoms with E-state index in [1.807, 2.05) is 35.2 Å². The van der Waals surface area contributed by atoms with Gasteiger partial charge in [0.15, 0.2) is 4.34 Å². The first-order chi connectivity index (χ1) is 13.7. The summed E-state index contributed by atoms with van der Waals surface area (Å²) in [5, 5.41) is 0. The van der Waals surface area contributed by atoms with Crippen LogP contribution >= 0.6 is 23.1 Å². The van der Waals surface area contributed by atoms with E-state index in [-0.39, 0.29) is 5.91 Å². The molecule has 1 saturated heterocycles. The molecule has 7 heteroatoms. The minimum atomic E-state index is 0.239. The summed E-state index contributed by atoms with van der Waals surface area (Å²) in [5.41, 5.74) is 2.22. The van der Waals surface area contributed by atoms with Crippen LogP contribution in [-0.2, 0) is 4.79 Å². The predicted octanol–water partition coefficient (Wildman–Crippen LogP) is 4.14. The van der Waals surface area contributed by atoms with E-state index < -0.39 is 0 Å². The number of carbonyl (C=O) groups is 1. The fourth-order valence-corrected chi connectivity index (χ4v) is 5.37. The predicted molar refractivity (Wildman–Crippen MR) is 117 cm³/mol. The summed E-state index contributed by atoms with van der Waals surface area (Å²) in [6.07, 6.45) is 0.559. The number of para-hydroxylation sites is 1. The van der Waals surface area contributed by atoms with E-state index in [0.717, 1.165) is 47.5 Å². The van der Waals surface area contributed by atoms with Crippen molar-refractivity contribution >= 4 is 44.9 Å². The molecule has 1 aliphatic heterocycles. The van der Waals surface area contributed by atoms with E-state index in [4.69, 9.17) is 4.74 Å². The number of anilines is 1. The average Bonchev–Trinajstić information content (AvgIpc) is 3.16. The van der Waals surface area contributed by atoms with Gasteiger partial charge in [0.2, 0.25) is 5.91 Å². The highest BCUT2D eigenvalue weighted by Gasteiger charge is 2.21. The molecule has 1 aliphatic rings. The number of nitrogens with zero attached hydrogens (tertiary/aromatic N) is 3. The number of rotatable bonds is 6. The van der Waals surface area contributed by atoms with Gasteiger partial charge in [-0.3, -0.25) is 4.79 Å². The zero-order valence-electron chi connectivity index (χ0n) is 15.8. The van der Waals surface area contributed by atoms with Crippen molar-refractivity contribution in [3.63, 3.8) is 0 Å². The second-order valence-corrected chi connectivity index (χ2v) is 8.98. The smallest absolute Gasteiger partial charge is 0.223 e. The van der Waals surface area contributed by atoms with Gasteiger partial charge in [0, 0.05) is 44.0 Å². The largest absolute Gasteiger partial charge is 0.497 e. The molecule has 28 heavy (non-hydrogen) atoms. The number of hydrogen-bond acceptors (Lipinski definition) is 6. The van der Waals surface area contributed by atoms with E-state index in [1.54, 1.807) is 30.2 Å². The Morgan fingerprint density at radius 3 is 2.57 bits per heavy atom. The van der Waals surface area contributed by atoms with Crippen molar-refractivity contribution < 1.29 is 9.53 Å². The van der Waals surface area contributed by atoms with Crippen molar-refractivity contribution in [1.82, 2.24) is 9.88 Å². The maximum absolute atomic E-state index is 12.5. The number of ether oxygens (including phenoxy) is 1. The van der Waals surface area contributed by atoms with Crippen LogP contribution in [0, 0.1) is 0 Å². The standard InChI is InChI=1S/C21H23N3O2S2/c1-26-17-8-6-16(7-9-17)23-11-13-24(14-12-23)20(25)10-15-27-21-22-18-4-2-3-5-19(18)28-21/h2-9H,10-15H2,1H3. The molecule has 0 spiro atoms. The Morgan fingerprint density at radius 1 is 1.11 bits per heavy atom. The number of fused-ring (bicyclic) bond motifs is 1. The Hall–Kier alpha value is -2.25. The summed E-state index contributed by atoms with van der Waals surface area (Å²) in [4.78, 5) is 21.5. The molecule has 2 heterocycles. The molecule has 2 aromatic carbocycles. The van der Waals surface area contributed by atoms with E-state index in [9.17, 15) is 4.79 Å². The number of thiazole rings is 1. The zero-order chi connectivity index (χ0) is 19.3. The summed E-state index contributed by atoms with van der Waals surface area (Å²) in [7, 11) is 1.68. The fraction of sp³-hybridized carbons (Fsp3) is 0.333. The minimum absolute atomic E-state index is 0.239. The van der Waals surface area contributed by atoms with Crippen LogP contribution in [0.1, 0.15) is 6.42 Å². The van der Waals surface area contributed by atoms with Gasteiger partial charge < -0.3 is 14.5 Å². The first-order valence-electron chi connectivity index (χ1n) is 9.38. The maximum atomic E-state index is 12.5. The van der Waals surface area contributed by atoms with Crippen LogP contribution in [0.25, 0.3) is 10.2 Å². The van der Waals surface area contributed by atoms with Crippen LogP contribution in [0.5, 0.6) is 5.75 Å². The summed E-state index contributed by atoms with van der Waals surface area (Å²) in [6, 6.07) is 16.3. The molecular formula is C21H23N3O2S2. The number of carbonyl (C=O) groups excluding carboxylic acids is 1. The molecule has 0 radical (unpaired) electrons. The number of benzene rings is 2. The molecular weight excluding hydrogens is 390 g/mol. The Bertz CT molecular complexity index is 901. The third kappa shape index (κ3) is 4.42.